The molecule has 0 aromatic carbocycles. The van der Waals surface area contributed by atoms with Crippen LogP contribution in [-0.4, -0.2) is 23.4 Å². The lowest BCUT2D eigenvalue weighted by atomic mass is 9.90. The lowest BCUT2D eigenvalue weighted by Gasteiger charge is -2.30. The molecule has 1 unspecified atom stereocenters. The van der Waals surface area contributed by atoms with Gasteiger partial charge in [0.1, 0.15) is 12.0 Å². The van der Waals surface area contributed by atoms with Crippen molar-refractivity contribution < 1.29 is 0 Å². The van der Waals surface area contributed by atoms with Crippen molar-refractivity contribution in [1.82, 2.24) is 10.3 Å². The van der Waals surface area contributed by atoms with Crippen LogP contribution in [-0.2, 0) is 0 Å². The van der Waals surface area contributed by atoms with Gasteiger partial charge < -0.3 is 4.90 Å². The van der Waals surface area contributed by atoms with Crippen LogP contribution in [0.1, 0.15) is 61.3 Å². The molecular weight excluding hydrogens is 210 g/mol. The van der Waals surface area contributed by atoms with Crippen LogP contribution in [0.3, 0.4) is 0 Å². The zero-order chi connectivity index (χ0) is 13.3. The molecule has 3 heteroatoms. The molecule has 1 heterocycles. The van der Waals surface area contributed by atoms with Crippen molar-refractivity contribution in [2.75, 3.05) is 6.54 Å². The van der Waals surface area contributed by atoms with Gasteiger partial charge in [0, 0.05) is 13.0 Å². The van der Waals surface area contributed by atoms with E-state index in [0.717, 1.165) is 13.0 Å². The van der Waals surface area contributed by atoms with E-state index in [2.05, 4.69) is 63.9 Å². The molecule has 0 spiro atoms. The lowest BCUT2D eigenvalue weighted by molar-refractivity contribution is 0.256. The quantitative estimate of drug-likeness (QED) is 0.817. The van der Waals surface area contributed by atoms with Gasteiger partial charge in [0.25, 0.3) is 0 Å². The Labute approximate surface area is 107 Å². The van der Waals surface area contributed by atoms with Crippen molar-refractivity contribution >= 4 is 5.84 Å². The smallest absolute Gasteiger partial charge is 0.127 e. The fourth-order valence-corrected chi connectivity index (χ4v) is 1.92. The number of amidine groups is 1. The molecule has 0 bridgehead atoms. The second-order valence-electron chi connectivity index (χ2n) is 7.57. The second kappa shape index (κ2) is 4.87. The Morgan fingerprint density at radius 3 is 2.18 bits per heavy atom. The number of nitrogens with zero attached hydrogens (tertiary/aromatic N) is 2. The van der Waals surface area contributed by atoms with Gasteiger partial charge in [-0.15, -0.1) is 0 Å². The minimum absolute atomic E-state index is 0.296. The summed E-state index contributed by atoms with van der Waals surface area (Å²) in [6.45, 7) is 16.9. The largest absolute Gasteiger partial charge is 0.337 e. The fourth-order valence-electron chi connectivity index (χ4n) is 1.92. The predicted molar refractivity (Wildman–Crippen MR) is 74.9 cm³/mol. The molecule has 1 N–H and O–H groups in total. The van der Waals surface area contributed by atoms with Crippen LogP contribution in [0.2, 0.25) is 0 Å². The second-order valence-corrected chi connectivity index (χ2v) is 7.57. The Morgan fingerprint density at radius 1 is 1.12 bits per heavy atom. The average Bonchev–Trinajstić information content (AvgIpc) is 2.40. The van der Waals surface area contributed by atoms with Gasteiger partial charge in [-0.05, 0) is 24.2 Å². The van der Waals surface area contributed by atoms with Crippen molar-refractivity contribution in [2.24, 2.45) is 15.9 Å². The lowest BCUT2D eigenvalue weighted by Crippen LogP contribution is -2.40. The van der Waals surface area contributed by atoms with Crippen molar-refractivity contribution in [2.45, 2.75) is 67.5 Å². The first-order valence-electron chi connectivity index (χ1n) is 6.67. The topological polar surface area (TPSA) is 27.6 Å². The molecule has 1 rings (SSSR count). The van der Waals surface area contributed by atoms with E-state index >= 15 is 0 Å². The van der Waals surface area contributed by atoms with E-state index in [9.17, 15) is 0 Å². The molecule has 100 valence electrons. The monoisotopic (exact) mass is 239 g/mol. The Bertz CT molecular complexity index is 281. The molecule has 0 saturated heterocycles. The minimum atomic E-state index is 0.296. The van der Waals surface area contributed by atoms with Gasteiger partial charge in [-0.2, -0.15) is 5.10 Å². The average molecular weight is 239 g/mol. The van der Waals surface area contributed by atoms with E-state index in [-0.39, 0.29) is 0 Å². The molecule has 17 heavy (non-hydrogen) atoms. The summed E-state index contributed by atoms with van der Waals surface area (Å²) in [4.78, 5) is 2.41. The van der Waals surface area contributed by atoms with Crippen LogP contribution in [0.25, 0.3) is 0 Å². The molecular formula is C14H29N3. The van der Waals surface area contributed by atoms with Crippen molar-refractivity contribution in [3.05, 3.63) is 0 Å². The Morgan fingerprint density at radius 2 is 1.71 bits per heavy atom. The van der Waals surface area contributed by atoms with Gasteiger partial charge in [0.05, 0.1) is 0 Å². The minimum Gasteiger partial charge on any atom is -0.337 e. The highest BCUT2D eigenvalue weighted by Gasteiger charge is 2.28. The summed E-state index contributed by atoms with van der Waals surface area (Å²) in [6, 6.07) is 0. The van der Waals surface area contributed by atoms with Gasteiger partial charge in [-0.1, -0.05) is 41.5 Å². The highest BCUT2D eigenvalue weighted by atomic mass is 15.5. The van der Waals surface area contributed by atoms with E-state index in [1.165, 1.54) is 12.3 Å². The SMILES string of the molecule is CC1NN=C(CC(C)(C)C)N1CCC(C)(C)C. The van der Waals surface area contributed by atoms with Crippen LogP contribution in [0.4, 0.5) is 0 Å². The maximum absolute atomic E-state index is 4.48. The van der Waals surface area contributed by atoms with Crippen LogP contribution in [0.5, 0.6) is 0 Å². The van der Waals surface area contributed by atoms with Gasteiger partial charge >= 0.3 is 0 Å². The van der Waals surface area contributed by atoms with E-state index < -0.39 is 0 Å². The number of hydrazone groups is 1. The molecule has 0 aliphatic carbocycles. The van der Waals surface area contributed by atoms with Crippen molar-refractivity contribution in [3.8, 4) is 0 Å². The third-order valence-electron chi connectivity index (χ3n) is 2.97. The summed E-state index contributed by atoms with van der Waals surface area (Å²) in [5, 5.41) is 4.48. The summed E-state index contributed by atoms with van der Waals surface area (Å²) in [6.07, 6.45) is 2.58. The fraction of sp³-hybridized carbons (Fsp3) is 0.929. The normalized spacial score (nSPS) is 21.5. The van der Waals surface area contributed by atoms with Crippen LogP contribution >= 0.6 is 0 Å². The van der Waals surface area contributed by atoms with E-state index in [1.54, 1.807) is 0 Å². The van der Waals surface area contributed by atoms with Crippen molar-refractivity contribution in [3.63, 3.8) is 0 Å². The third kappa shape index (κ3) is 4.97. The zero-order valence-electron chi connectivity index (χ0n) is 12.6. The van der Waals surface area contributed by atoms with Gasteiger partial charge in [0.2, 0.25) is 0 Å². The van der Waals surface area contributed by atoms with E-state index in [4.69, 9.17) is 0 Å². The highest BCUT2D eigenvalue weighted by Crippen LogP contribution is 2.25. The molecule has 0 amide bonds. The van der Waals surface area contributed by atoms with E-state index in [1.807, 2.05) is 0 Å². The number of rotatable bonds is 3. The predicted octanol–water partition coefficient (Wildman–Crippen LogP) is 3.42. The first-order valence-corrected chi connectivity index (χ1v) is 6.67. The molecule has 0 aromatic rings. The zero-order valence-corrected chi connectivity index (χ0v) is 12.6. The highest BCUT2D eigenvalue weighted by molar-refractivity contribution is 5.84. The Balaban J connectivity index is 2.59. The molecule has 1 atom stereocenters. The molecule has 3 nitrogen and oxygen atoms in total. The summed E-state index contributed by atoms with van der Waals surface area (Å²) < 4.78 is 0. The van der Waals surface area contributed by atoms with Crippen LogP contribution < -0.4 is 5.43 Å². The summed E-state index contributed by atoms with van der Waals surface area (Å²) in [5.74, 6) is 1.22. The Kier molecular flexibility index (Phi) is 4.11. The van der Waals surface area contributed by atoms with Gasteiger partial charge in [-0.25, -0.2) is 0 Å². The van der Waals surface area contributed by atoms with Gasteiger partial charge in [0.15, 0.2) is 0 Å². The summed E-state index contributed by atoms with van der Waals surface area (Å²) in [5.41, 5.74) is 3.87. The number of hydrogen-bond acceptors (Lipinski definition) is 3. The molecule has 0 fully saturated rings. The Hall–Kier alpha value is -0.730. The number of nitrogens with one attached hydrogen (secondary N) is 1. The first-order chi connectivity index (χ1) is 7.58. The third-order valence-corrected chi connectivity index (χ3v) is 2.97. The maximum Gasteiger partial charge on any atom is 0.127 e. The standard InChI is InChI=1S/C14H29N3/c1-11-15-16-12(10-14(5,6)7)17(11)9-8-13(2,3)4/h11,15H,8-10H2,1-7H3. The van der Waals surface area contributed by atoms with Crippen LogP contribution in [0, 0.1) is 10.8 Å². The van der Waals surface area contributed by atoms with E-state index in [0.29, 0.717) is 17.0 Å². The summed E-state index contributed by atoms with van der Waals surface area (Å²) >= 11 is 0. The molecule has 0 saturated carbocycles. The molecule has 1 aliphatic heterocycles. The summed E-state index contributed by atoms with van der Waals surface area (Å²) in [7, 11) is 0. The molecule has 0 radical (unpaired) electrons. The van der Waals surface area contributed by atoms with Crippen molar-refractivity contribution in [1.29, 1.82) is 0 Å². The molecule has 0 aromatic heterocycles. The first kappa shape index (κ1) is 14.3. The van der Waals surface area contributed by atoms with Gasteiger partial charge in [-0.3, -0.25) is 5.43 Å². The maximum atomic E-state index is 4.48. The number of hydrogen-bond donors (Lipinski definition) is 1. The van der Waals surface area contributed by atoms with Crippen LogP contribution in [0.15, 0.2) is 5.10 Å². The molecule has 1 aliphatic rings.